The van der Waals surface area contributed by atoms with Crippen LogP contribution in [0, 0.1) is 0 Å². The van der Waals surface area contributed by atoms with Gasteiger partial charge < -0.3 is 30.2 Å². The van der Waals surface area contributed by atoms with E-state index >= 15 is 0 Å². The van der Waals surface area contributed by atoms with Crippen LogP contribution in [-0.2, 0) is 15.7 Å². The Morgan fingerprint density at radius 2 is 1.88 bits per heavy atom. The Morgan fingerprint density at radius 3 is 2.50 bits per heavy atom. The first kappa shape index (κ1) is 24.0. The molecule has 2 aliphatic heterocycles. The smallest absolute Gasteiger partial charge is 0.417 e. The summed E-state index contributed by atoms with van der Waals surface area (Å²) >= 11 is 0. The normalized spacial score (nSPS) is 19.1. The number of alkyl halides is 3. The van der Waals surface area contributed by atoms with E-state index in [1.807, 2.05) is 0 Å². The fourth-order valence-corrected chi connectivity index (χ4v) is 4.15. The number of halogens is 3. The van der Waals surface area contributed by atoms with Crippen LogP contribution in [0.3, 0.4) is 0 Å². The minimum absolute atomic E-state index is 0.0227. The number of amides is 2. The largest absolute Gasteiger partial charge is 0.456 e. The molecule has 4 heterocycles. The Bertz CT molecular complexity index is 1060. The number of rotatable bonds is 5. The first-order valence-corrected chi connectivity index (χ1v) is 10.9. The van der Waals surface area contributed by atoms with Crippen molar-refractivity contribution in [2.75, 3.05) is 36.5 Å². The van der Waals surface area contributed by atoms with E-state index in [9.17, 15) is 27.9 Å². The number of anilines is 2. The highest BCUT2D eigenvalue weighted by Crippen LogP contribution is 2.36. The fourth-order valence-electron chi connectivity index (χ4n) is 4.15. The third-order valence-electron chi connectivity index (χ3n) is 6.27. The maximum Gasteiger partial charge on any atom is 0.417 e. The van der Waals surface area contributed by atoms with Crippen molar-refractivity contribution in [3.05, 3.63) is 41.5 Å². The van der Waals surface area contributed by atoms with E-state index in [0.717, 1.165) is 18.9 Å². The molecule has 4 rings (SSSR count). The zero-order chi connectivity index (χ0) is 24.5. The number of nitrogens with two attached hydrogens (primary N) is 1. The van der Waals surface area contributed by atoms with Gasteiger partial charge in [0.1, 0.15) is 11.4 Å². The molecule has 0 aliphatic carbocycles. The van der Waals surface area contributed by atoms with Crippen LogP contribution in [0.15, 0.2) is 28.8 Å². The highest BCUT2D eigenvalue weighted by Gasteiger charge is 2.39. The molecule has 0 atom stereocenters. The van der Waals surface area contributed by atoms with Crippen molar-refractivity contribution >= 4 is 23.3 Å². The van der Waals surface area contributed by atoms with Gasteiger partial charge in [-0.25, -0.2) is 4.98 Å². The third-order valence-corrected chi connectivity index (χ3v) is 6.27. The number of primary amides is 1. The summed E-state index contributed by atoms with van der Waals surface area (Å²) in [6, 6.07) is 3.97. The van der Waals surface area contributed by atoms with E-state index in [1.165, 1.54) is 6.07 Å². The van der Waals surface area contributed by atoms with Crippen LogP contribution in [0.1, 0.15) is 53.5 Å². The van der Waals surface area contributed by atoms with Gasteiger partial charge in [-0.05, 0) is 31.0 Å². The summed E-state index contributed by atoms with van der Waals surface area (Å²) in [4.78, 5) is 29.9. The zero-order valence-corrected chi connectivity index (χ0v) is 18.2. The van der Waals surface area contributed by atoms with Crippen LogP contribution in [0.4, 0.5) is 24.7 Å². The van der Waals surface area contributed by atoms with Gasteiger partial charge in [-0.15, -0.1) is 0 Å². The molecule has 0 unspecified atom stereocenters. The van der Waals surface area contributed by atoms with Gasteiger partial charge in [0.25, 0.3) is 5.91 Å². The quantitative estimate of drug-likeness (QED) is 0.597. The van der Waals surface area contributed by atoms with E-state index in [0.29, 0.717) is 25.2 Å². The average Bonchev–Trinajstić information content (AvgIpc) is 3.30. The second-order valence-electron chi connectivity index (χ2n) is 8.52. The Hall–Kier alpha value is -3.12. The van der Waals surface area contributed by atoms with Crippen molar-refractivity contribution in [2.45, 2.75) is 43.4 Å². The number of nitrogens with zero attached hydrogens (tertiary/aromatic N) is 2. The molecule has 2 aromatic rings. The lowest BCUT2D eigenvalue weighted by Crippen LogP contribution is -2.52. The van der Waals surface area contributed by atoms with Gasteiger partial charge in [0.15, 0.2) is 11.6 Å². The molecule has 4 N–H and O–H groups in total. The monoisotopic (exact) mass is 482 g/mol. The summed E-state index contributed by atoms with van der Waals surface area (Å²) in [7, 11) is 0. The third kappa shape index (κ3) is 5.02. The maximum absolute atomic E-state index is 13.3. The number of aromatic nitrogens is 1. The molecular formula is C22H25F3N4O5. The topological polar surface area (TPSA) is 131 Å². The lowest BCUT2D eigenvalue weighted by atomic mass is 9.91. The Balaban J connectivity index is 1.56. The van der Waals surface area contributed by atoms with Crippen molar-refractivity contribution in [1.82, 2.24) is 4.98 Å². The van der Waals surface area contributed by atoms with E-state index in [-0.39, 0.29) is 49.1 Å². The van der Waals surface area contributed by atoms with Crippen LogP contribution >= 0.6 is 0 Å². The molecule has 34 heavy (non-hydrogen) atoms. The summed E-state index contributed by atoms with van der Waals surface area (Å²) < 4.78 is 51.0. The number of aliphatic hydroxyl groups is 1. The summed E-state index contributed by atoms with van der Waals surface area (Å²) in [5, 5.41) is 12.8. The molecule has 0 radical (unpaired) electrons. The SMILES string of the molecule is NC(=O)C1(O)CCN(c2ncc(C(F)(F)F)cc2NC(=O)c2ccc(C3CCOCC3)o2)CC1. The molecule has 9 nitrogen and oxygen atoms in total. The first-order chi connectivity index (χ1) is 16.1. The molecule has 0 saturated carbocycles. The van der Waals surface area contributed by atoms with Gasteiger partial charge in [0, 0.05) is 51.3 Å². The van der Waals surface area contributed by atoms with Crippen molar-refractivity contribution in [3.8, 4) is 0 Å². The number of ether oxygens (including phenoxy) is 1. The predicted octanol–water partition coefficient (Wildman–Crippen LogP) is 2.66. The van der Waals surface area contributed by atoms with Gasteiger partial charge in [-0.3, -0.25) is 9.59 Å². The second-order valence-corrected chi connectivity index (χ2v) is 8.52. The standard InChI is InChI=1S/C22H25F3N4O5/c23-22(24,25)14-11-15(18(27-12-14)29-7-5-21(32,6-8-29)20(26)31)28-19(30)17-2-1-16(34-17)13-3-9-33-10-4-13/h1-2,11-13,32H,3-10H2,(H2,26,31)(H,28,30). The van der Waals surface area contributed by atoms with Crippen LogP contribution in [0.25, 0.3) is 0 Å². The lowest BCUT2D eigenvalue weighted by molar-refractivity contribution is -0.138. The zero-order valence-electron chi connectivity index (χ0n) is 18.2. The van der Waals surface area contributed by atoms with Crippen molar-refractivity contribution in [3.63, 3.8) is 0 Å². The fraction of sp³-hybridized carbons (Fsp3) is 0.500. The highest BCUT2D eigenvalue weighted by molar-refractivity contribution is 6.04. The Kier molecular flexibility index (Phi) is 6.54. The molecule has 2 saturated heterocycles. The molecule has 2 amide bonds. The summed E-state index contributed by atoms with van der Waals surface area (Å²) in [6.45, 7) is 1.39. The van der Waals surface area contributed by atoms with Crippen LogP contribution in [-0.4, -0.2) is 53.8 Å². The molecule has 2 aliphatic rings. The second kappa shape index (κ2) is 9.26. The molecule has 0 bridgehead atoms. The van der Waals surface area contributed by atoms with E-state index in [2.05, 4.69) is 10.3 Å². The number of hydrogen-bond donors (Lipinski definition) is 3. The van der Waals surface area contributed by atoms with Crippen molar-refractivity contribution < 1.29 is 37.0 Å². The Labute approximate surface area is 193 Å². The lowest BCUT2D eigenvalue weighted by Gasteiger charge is -2.37. The molecule has 184 valence electrons. The summed E-state index contributed by atoms with van der Waals surface area (Å²) in [5.41, 5.74) is 2.37. The van der Waals surface area contributed by atoms with Crippen LogP contribution in [0.2, 0.25) is 0 Å². The number of nitrogens with one attached hydrogen (secondary N) is 1. The van der Waals surface area contributed by atoms with E-state index < -0.39 is 29.2 Å². The summed E-state index contributed by atoms with van der Waals surface area (Å²) in [5.74, 6) is -0.794. The van der Waals surface area contributed by atoms with Gasteiger partial charge in [0.2, 0.25) is 5.91 Å². The number of pyridine rings is 1. The minimum atomic E-state index is -4.67. The molecular weight excluding hydrogens is 457 g/mol. The van der Waals surface area contributed by atoms with Gasteiger partial charge in [0.05, 0.1) is 11.3 Å². The molecule has 0 aromatic carbocycles. The number of hydrogen-bond acceptors (Lipinski definition) is 7. The number of furan rings is 1. The molecule has 12 heteroatoms. The molecule has 0 spiro atoms. The molecule has 2 fully saturated rings. The predicted molar refractivity (Wildman–Crippen MR) is 114 cm³/mol. The average molecular weight is 482 g/mol. The highest BCUT2D eigenvalue weighted by atomic mass is 19.4. The van der Waals surface area contributed by atoms with E-state index in [4.69, 9.17) is 14.9 Å². The van der Waals surface area contributed by atoms with Gasteiger partial charge >= 0.3 is 6.18 Å². The van der Waals surface area contributed by atoms with Crippen molar-refractivity contribution in [2.24, 2.45) is 5.73 Å². The van der Waals surface area contributed by atoms with Crippen LogP contribution < -0.4 is 16.0 Å². The maximum atomic E-state index is 13.3. The van der Waals surface area contributed by atoms with Crippen molar-refractivity contribution in [1.29, 1.82) is 0 Å². The Morgan fingerprint density at radius 1 is 1.21 bits per heavy atom. The number of piperidine rings is 1. The van der Waals surface area contributed by atoms with E-state index in [1.54, 1.807) is 11.0 Å². The number of carbonyl (C=O) groups is 2. The van der Waals surface area contributed by atoms with Gasteiger partial charge in [-0.1, -0.05) is 0 Å². The first-order valence-electron chi connectivity index (χ1n) is 10.9. The van der Waals surface area contributed by atoms with Gasteiger partial charge in [-0.2, -0.15) is 13.2 Å². The van der Waals surface area contributed by atoms with Crippen LogP contribution in [0.5, 0.6) is 0 Å². The summed E-state index contributed by atoms with van der Waals surface area (Å²) in [6.07, 6.45) is -2.53. The number of carbonyl (C=O) groups excluding carboxylic acids is 2. The molecule has 2 aromatic heterocycles. The minimum Gasteiger partial charge on any atom is -0.456 e.